The van der Waals surface area contributed by atoms with E-state index in [-0.39, 0.29) is 38.9 Å². The molecule has 2 unspecified atom stereocenters. The molecule has 0 saturated heterocycles. The fraction of sp³-hybridized carbons (Fsp3) is 0.818. The van der Waals surface area contributed by atoms with Gasteiger partial charge in [-0.2, -0.15) is 23.8 Å². The average molecular weight is 471 g/mol. The Morgan fingerprint density at radius 1 is 1.16 bits per heavy atom. The van der Waals surface area contributed by atoms with Gasteiger partial charge in [-0.25, -0.2) is 0 Å². The molecule has 0 radical (unpaired) electrons. The molecule has 0 aromatic rings. The number of carboxylic acids is 2. The predicted octanol–water partition coefficient (Wildman–Crippen LogP) is 2.53. The van der Waals surface area contributed by atoms with Gasteiger partial charge in [-0.05, 0) is 6.26 Å². The Kier molecular flexibility index (Phi) is 13.1. The third-order valence-corrected chi connectivity index (χ3v) is 3.36. The van der Waals surface area contributed by atoms with E-state index in [9.17, 15) is 9.59 Å². The van der Waals surface area contributed by atoms with E-state index in [0.717, 1.165) is 12.8 Å². The SMILES string of the molecule is CSCC(C(=O)O)C(=O)O.[NH-]C1CCCCC1[NH-].[Pt+2]. The van der Waals surface area contributed by atoms with Gasteiger partial charge in [-0.1, -0.05) is 25.7 Å². The van der Waals surface area contributed by atoms with Gasteiger partial charge >= 0.3 is 33.0 Å². The third-order valence-electron chi connectivity index (χ3n) is 2.70. The van der Waals surface area contributed by atoms with Crippen molar-refractivity contribution in [3.05, 3.63) is 11.5 Å². The van der Waals surface area contributed by atoms with Crippen LogP contribution in [0.1, 0.15) is 25.7 Å². The number of hydrogen-bond acceptors (Lipinski definition) is 3. The molecule has 1 aliphatic rings. The summed E-state index contributed by atoms with van der Waals surface area (Å²) < 4.78 is 0. The van der Waals surface area contributed by atoms with Crippen LogP contribution in [0.4, 0.5) is 0 Å². The van der Waals surface area contributed by atoms with Gasteiger partial charge in [0, 0.05) is 5.75 Å². The Morgan fingerprint density at radius 3 is 1.68 bits per heavy atom. The van der Waals surface area contributed by atoms with Crippen molar-refractivity contribution in [3.8, 4) is 0 Å². The van der Waals surface area contributed by atoms with Crippen LogP contribution in [0.3, 0.4) is 0 Å². The first-order valence-corrected chi connectivity index (χ1v) is 7.16. The standard InChI is InChI=1S/C6H12N2.C5H8O4S.Pt/c7-5-3-1-2-4-6(5)8;1-10-2-3(4(6)7)5(8)9;/h5-8H,1-4H2;3H,2H2,1H3,(H,6,7)(H,8,9);/q-2;;+2. The van der Waals surface area contributed by atoms with Crippen LogP contribution in [0.5, 0.6) is 0 Å². The fourth-order valence-electron chi connectivity index (χ4n) is 1.55. The summed E-state index contributed by atoms with van der Waals surface area (Å²) in [4.78, 5) is 20.3. The summed E-state index contributed by atoms with van der Waals surface area (Å²) in [5.41, 5.74) is 14.6. The molecule has 19 heavy (non-hydrogen) atoms. The molecule has 0 spiro atoms. The van der Waals surface area contributed by atoms with Crippen LogP contribution >= 0.6 is 11.8 Å². The molecule has 0 aromatic carbocycles. The first-order chi connectivity index (χ1) is 8.40. The summed E-state index contributed by atoms with van der Waals surface area (Å²) in [5.74, 6) is -3.70. The smallest absolute Gasteiger partial charge is 0.676 e. The number of carboxylic acid groups (broad SMARTS) is 2. The van der Waals surface area contributed by atoms with Crippen molar-refractivity contribution in [2.75, 3.05) is 12.0 Å². The van der Waals surface area contributed by atoms with Crippen LogP contribution in [-0.2, 0) is 30.7 Å². The summed E-state index contributed by atoms with van der Waals surface area (Å²) in [6.07, 6.45) is 5.91. The van der Waals surface area contributed by atoms with Gasteiger partial charge < -0.3 is 21.7 Å². The number of hydrogen-bond donors (Lipinski definition) is 2. The number of carbonyl (C=O) groups is 2. The van der Waals surface area contributed by atoms with Crippen molar-refractivity contribution in [2.24, 2.45) is 5.92 Å². The van der Waals surface area contributed by atoms with E-state index in [1.165, 1.54) is 24.6 Å². The van der Waals surface area contributed by atoms with Gasteiger partial charge in [0.1, 0.15) is 0 Å². The van der Waals surface area contributed by atoms with Crippen LogP contribution in [0, 0.1) is 5.92 Å². The zero-order chi connectivity index (χ0) is 14.1. The molecule has 1 fully saturated rings. The summed E-state index contributed by atoms with van der Waals surface area (Å²) in [6.45, 7) is 0. The van der Waals surface area contributed by atoms with Crippen LogP contribution < -0.4 is 0 Å². The minimum Gasteiger partial charge on any atom is -0.676 e. The summed E-state index contributed by atoms with van der Waals surface area (Å²) in [5, 5.41) is 16.6. The molecule has 0 aromatic heterocycles. The Labute approximate surface area is 131 Å². The van der Waals surface area contributed by atoms with E-state index in [1.54, 1.807) is 6.26 Å². The van der Waals surface area contributed by atoms with E-state index < -0.39 is 17.9 Å². The normalized spacial score (nSPS) is 21.9. The minimum absolute atomic E-state index is 0. The first kappa shape index (κ1) is 21.2. The van der Waals surface area contributed by atoms with Crippen LogP contribution in [-0.4, -0.2) is 46.2 Å². The molecular weight excluding hydrogens is 451 g/mol. The fourth-order valence-corrected chi connectivity index (χ4v) is 2.16. The third kappa shape index (κ3) is 9.43. The molecule has 2 atom stereocenters. The van der Waals surface area contributed by atoms with E-state index in [4.69, 9.17) is 21.7 Å². The summed E-state index contributed by atoms with van der Waals surface area (Å²) >= 11 is 1.20. The van der Waals surface area contributed by atoms with Gasteiger partial charge in [0.25, 0.3) is 0 Å². The van der Waals surface area contributed by atoms with Gasteiger partial charge in [0.15, 0.2) is 5.92 Å². The molecule has 0 heterocycles. The summed E-state index contributed by atoms with van der Waals surface area (Å²) in [6, 6.07) is -0.160. The molecule has 0 aliphatic heterocycles. The maximum absolute atomic E-state index is 10.1. The average Bonchev–Trinajstić information content (AvgIpc) is 2.30. The van der Waals surface area contributed by atoms with Crippen molar-refractivity contribution in [3.63, 3.8) is 0 Å². The Bertz CT molecular complexity index is 257. The number of aliphatic carboxylic acids is 2. The molecule has 0 bridgehead atoms. The quantitative estimate of drug-likeness (QED) is 0.610. The second-order valence-electron chi connectivity index (χ2n) is 4.18. The van der Waals surface area contributed by atoms with Crippen molar-refractivity contribution < 1.29 is 40.9 Å². The van der Waals surface area contributed by atoms with Gasteiger partial charge in [-0.15, -0.1) is 0 Å². The zero-order valence-electron chi connectivity index (χ0n) is 10.7. The first-order valence-electron chi connectivity index (χ1n) is 5.77. The molecule has 1 saturated carbocycles. The van der Waals surface area contributed by atoms with Crippen LogP contribution in [0.2, 0.25) is 0 Å². The number of rotatable bonds is 4. The maximum atomic E-state index is 10.1. The van der Waals surface area contributed by atoms with E-state index in [2.05, 4.69) is 0 Å². The van der Waals surface area contributed by atoms with Gasteiger partial charge in [-0.3, -0.25) is 9.59 Å². The second-order valence-corrected chi connectivity index (χ2v) is 5.09. The topological polar surface area (TPSA) is 122 Å². The monoisotopic (exact) mass is 471 g/mol. The van der Waals surface area contributed by atoms with E-state index in [0.29, 0.717) is 0 Å². The largest absolute Gasteiger partial charge is 2.00 e. The minimum atomic E-state index is -1.28. The van der Waals surface area contributed by atoms with Gasteiger partial charge in [0.05, 0.1) is 0 Å². The van der Waals surface area contributed by atoms with E-state index in [1.807, 2.05) is 0 Å². The van der Waals surface area contributed by atoms with Gasteiger partial charge in [0.2, 0.25) is 0 Å². The molecule has 6 nitrogen and oxygen atoms in total. The maximum Gasteiger partial charge on any atom is 2.00 e. The molecule has 1 aliphatic carbocycles. The molecule has 4 N–H and O–H groups in total. The molecular formula is C11H20N2O4PtS. The summed E-state index contributed by atoms with van der Waals surface area (Å²) in [7, 11) is 0. The number of thioether (sulfide) groups is 1. The van der Waals surface area contributed by atoms with Crippen molar-refractivity contribution in [2.45, 2.75) is 37.8 Å². The Hall–Kier alpha value is -0.102. The van der Waals surface area contributed by atoms with E-state index >= 15 is 0 Å². The molecule has 0 amide bonds. The molecule has 1 rings (SSSR count). The Morgan fingerprint density at radius 2 is 1.53 bits per heavy atom. The van der Waals surface area contributed by atoms with Crippen molar-refractivity contribution in [1.29, 1.82) is 0 Å². The van der Waals surface area contributed by atoms with Crippen LogP contribution in [0.25, 0.3) is 11.5 Å². The zero-order valence-corrected chi connectivity index (χ0v) is 13.8. The van der Waals surface area contributed by atoms with Crippen LogP contribution in [0.15, 0.2) is 0 Å². The predicted molar refractivity (Wildman–Crippen MR) is 71.8 cm³/mol. The van der Waals surface area contributed by atoms with Crippen molar-refractivity contribution in [1.82, 2.24) is 0 Å². The Balaban J connectivity index is 0. The number of nitrogens with one attached hydrogen (secondary N) is 2. The molecule has 114 valence electrons. The second kappa shape index (κ2) is 11.7. The van der Waals surface area contributed by atoms with Crippen molar-refractivity contribution >= 4 is 23.7 Å². The molecule has 8 heteroatoms.